The zero-order chi connectivity index (χ0) is 12.5. The standard InChI is InChI=1S/C15H20N2S/c1-11-6-7-14-13(10-11)16-15(18)17(14)9-8-12-4-2-3-5-12/h6-7,10,12H,2-5,8-9H2,1H3,(H,16,18). The van der Waals surface area contributed by atoms with Gasteiger partial charge in [-0.05, 0) is 49.2 Å². The topological polar surface area (TPSA) is 20.7 Å². The Morgan fingerprint density at radius 1 is 1.33 bits per heavy atom. The van der Waals surface area contributed by atoms with Crippen molar-refractivity contribution >= 4 is 23.3 Å². The molecule has 0 atom stereocenters. The second kappa shape index (κ2) is 4.88. The third-order valence-electron chi connectivity index (χ3n) is 4.17. The summed E-state index contributed by atoms with van der Waals surface area (Å²) in [6.45, 7) is 3.18. The Morgan fingerprint density at radius 2 is 2.11 bits per heavy atom. The molecular formula is C15H20N2S. The van der Waals surface area contributed by atoms with Crippen LogP contribution in [0.1, 0.15) is 37.7 Å². The predicted molar refractivity (Wildman–Crippen MR) is 78.4 cm³/mol. The molecule has 1 N–H and O–H groups in total. The van der Waals surface area contributed by atoms with E-state index in [4.69, 9.17) is 12.2 Å². The van der Waals surface area contributed by atoms with E-state index in [2.05, 4.69) is 34.7 Å². The molecule has 0 radical (unpaired) electrons. The van der Waals surface area contributed by atoms with E-state index >= 15 is 0 Å². The number of fused-ring (bicyclic) bond motifs is 1. The van der Waals surface area contributed by atoms with Gasteiger partial charge in [0.1, 0.15) is 0 Å². The molecule has 18 heavy (non-hydrogen) atoms. The van der Waals surface area contributed by atoms with E-state index < -0.39 is 0 Å². The number of aryl methyl sites for hydroxylation is 2. The lowest BCUT2D eigenvalue weighted by molar-refractivity contribution is 0.461. The number of aromatic amines is 1. The zero-order valence-corrected chi connectivity index (χ0v) is 11.7. The molecule has 1 aliphatic rings. The fraction of sp³-hybridized carbons (Fsp3) is 0.533. The van der Waals surface area contributed by atoms with Crippen molar-refractivity contribution in [2.24, 2.45) is 5.92 Å². The molecule has 96 valence electrons. The molecule has 1 aromatic carbocycles. The van der Waals surface area contributed by atoms with Crippen LogP contribution in [-0.4, -0.2) is 9.55 Å². The Balaban J connectivity index is 1.86. The fourth-order valence-electron chi connectivity index (χ4n) is 3.11. The quantitative estimate of drug-likeness (QED) is 0.801. The average molecular weight is 260 g/mol. The summed E-state index contributed by atoms with van der Waals surface area (Å²) in [5.74, 6) is 0.919. The number of imidazole rings is 1. The monoisotopic (exact) mass is 260 g/mol. The van der Waals surface area contributed by atoms with Gasteiger partial charge in [-0.2, -0.15) is 0 Å². The molecule has 3 heteroatoms. The number of nitrogens with zero attached hydrogens (tertiary/aromatic N) is 1. The van der Waals surface area contributed by atoms with Gasteiger partial charge >= 0.3 is 0 Å². The lowest BCUT2D eigenvalue weighted by Gasteiger charge is -2.10. The number of nitrogens with one attached hydrogen (secondary N) is 1. The molecular weight excluding hydrogens is 240 g/mol. The van der Waals surface area contributed by atoms with Crippen molar-refractivity contribution in [3.05, 3.63) is 28.5 Å². The van der Waals surface area contributed by atoms with Gasteiger partial charge in [0.25, 0.3) is 0 Å². The SMILES string of the molecule is Cc1ccc2c(c1)[nH]c(=S)n2CCC1CCCC1. The van der Waals surface area contributed by atoms with Gasteiger partial charge in [-0.3, -0.25) is 0 Å². The average Bonchev–Trinajstić information content (AvgIpc) is 2.93. The molecule has 1 fully saturated rings. The first kappa shape index (κ1) is 12.0. The minimum absolute atomic E-state index is 0.869. The molecule has 1 aliphatic carbocycles. The molecule has 2 aromatic rings. The number of rotatable bonds is 3. The summed E-state index contributed by atoms with van der Waals surface area (Å²) in [6, 6.07) is 6.53. The first-order valence-corrected chi connectivity index (χ1v) is 7.34. The van der Waals surface area contributed by atoms with E-state index in [9.17, 15) is 0 Å². The molecule has 0 unspecified atom stereocenters. The number of H-pyrrole nitrogens is 1. The van der Waals surface area contributed by atoms with Gasteiger partial charge in [0.05, 0.1) is 11.0 Å². The van der Waals surface area contributed by atoms with Gasteiger partial charge < -0.3 is 9.55 Å². The largest absolute Gasteiger partial charge is 0.331 e. The molecule has 1 heterocycles. The smallest absolute Gasteiger partial charge is 0.178 e. The molecule has 0 bridgehead atoms. The van der Waals surface area contributed by atoms with Crippen LogP contribution < -0.4 is 0 Å². The van der Waals surface area contributed by atoms with Crippen LogP contribution in [0.3, 0.4) is 0 Å². The first-order chi connectivity index (χ1) is 8.74. The molecule has 3 rings (SSSR count). The Kier molecular flexibility index (Phi) is 3.25. The third kappa shape index (κ3) is 2.24. The number of benzene rings is 1. The molecule has 2 nitrogen and oxygen atoms in total. The maximum absolute atomic E-state index is 5.44. The van der Waals surface area contributed by atoms with Crippen molar-refractivity contribution in [2.75, 3.05) is 0 Å². The van der Waals surface area contributed by atoms with Crippen molar-refractivity contribution < 1.29 is 0 Å². The highest BCUT2D eigenvalue weighted by molar-refractivity contribution is 7.71. The lowest BCUT2D eigenvalue weighted by Crippen LogP contribution is -2.03. The molecule has 0 spiro atoms. The van der Waals surface area contributed by atoms with Crippen LogP contribution in [0, 0.1) is 17.6 Å². The van der Waals surface area contributed by atoms with Crippen LogP contribution in [0.25, 0.3) is 11.0 Å². The molecule has 1 aromatic heterocycles. The van der Waals surface area contributed by atoms with Crippen LogP contribution in [0.15, 0.2) is 18.2 Å². The second-order valence-electron chi connectivity index (χ2n) is 5.54. The van der Waals surface area contributed by atoms with E-state index in [0.29, 0.717) is 0 Å². The maximum atomic E-state index is 5.44. The molecule has 0 saturated heterocycles. The van der Waals surface area contributed by atoms with Gasteiger partial charge in [-0.15, -0.1) is 0 Å². The van der Waals surface area contributed by atoms with Gasteiger partial charge in [0, 0.05) is 6.54 Å². The highest BCUT2D eigenvalue weighted by Crippen LogP contribution is 2.28. The first-order valence-electron chi connectivity index (χ1n) is 6.93. The van der Waals surface area contributed by atoms with Crippen LogP contribution in [0.5, 0.6) is 0 Å². The second-order valence-corrected chi connectivity index (χ2v) is 5.93. The minimum Gasteiger partial charge on any atom is -0.331 e. The fourth-order valence-corrected chi connectivity index (χ4v) is 3.41. The van der Waals surface area contributed by atoms with Crippen LogP contribution in [0.4, 0.5) is 0 Å². The molecule has 1 saturated carbocycles. The van der Waals surface area contributed by atoms with E-state index in [1.165, 1.54) is 48.7 Å². The summed E-state index contributed by atoms with van der Waals surface area (Å²) in [4.78, 5) is 3.32. The van der Waals surface area contributed by atoms with Crippen molar-refractivity contribution in [3.8, 4) is 0 Å². The highest BCUT2D eigenvalue weighted by Gasteiger charge is 2.15. The van der Waals surface area contributed by atoms with Gasteiger partial charge in [-0.25, -0.2) is 0 Å². The predicted octanol–water partition coefficient (Wildman–Crippen LogP) is 4.59. The van der Waals surface area contributed by atoms with Crippen LogP contribution in [0.2, 0.25) is 0 Å². The van der Waals surface area contributed by atoms with Gasteiger partial charge in [-0.1, -0.05) is 31.7 Å². The molecule has 0 aliphatic heterocycles. The van der Waals surface area contributed by atoms with Crippen molar-refractivity contribution in [1.29, 1.82) is 0 Å². The summed E-state index contributed by atoms with van der Waals surface area (Å²) in [5, 5.41) is 0. The lowest BCUT2D eigenvalue weighted by atomic mass is 10.0. The molecule has 0 amide bonds. The highest BCUT2D eigenvalue weighted by atomic mass is 32.1. The van der Waals surface area contributed by atoms with Gasteiger partial charge in [0.15, 0.2) is 4.77 Å². The number of aromatic nitrogens is 2. The van der Waals surface area contributed by atoms with E-state index in [1.807, 2.05) is 0 Å². The Bertz CT molecular complexity index is 602. The number of hydrogen-bond donors (Lipinski definition) is 1. The Hall–Kier alpha value is -1.09. The Labute approximate surface area is 113 Å². The van der Waals surface area contributed by atoms with E-state index in [-0.39, 0.29) is 0 Å². The van der Waals surface area contributed by atoms with Crippen molar-refractivity contribution in [2.45, 2.75) is 45.6 Å². The summed E-state index contributed by atoms with van der Waals surface area (Å²) in [5.41, 5.74) is 3.71. The van der Waals surface area contributed by atoms with E-state index in [0.717, 1.165) is 17.2 Å². The normalized spacial score (nSPS) is 16.7. The van der Waals surface area contributed by atoms with Crippen molar-refractivity contribution in [1.82, 2.24) is 9.55 Å². The maximum Gasteiger partial charge on any atom is 0.178 e. The summed E-state index contributed by atoms with van der Waals surface area (Å²) < 4.78 is 3.14. The summed E-state index contributed by atoms with van der Waals surface area (Å²) >= 11 is 5.44. The Morgan fingerprint density at radius 3 is 2.89 bits per heavy atom. The van der Waals surface area contributed by atoms with Crippen LogP contribution in [-0.2, 0) is 6.54 Å². The summed E-state index contributed by atoms with van der Waals surface area (Å²) in [6.07, 6.45) is 6.94. The van der Waals surface area contributed by atoms with Gasteiger partial charge in [0.2, 0.25) is 0 Å². The van der Waals surface area contributed by atoms with Crippen LogP contribution >= 0.6 is 12.2 Å². The van der Waals surface area contributed by atoms with E-state index in [1.54, 1.807) is 0 Å². The van der Waals surface area contributed by atoms with Crippen molar-refractivity contribution in [3.63, 3.8) is 0 Å². The third-order valence-corrected chi connectivity index (χ3v) is 4.49. The zero-order valence-electron chi connectivity index (χ0n) is 10.9. The minimum atomic E-state index is 0.869. The summed E-state index contributed by atoms with van der Waals surface area (Å²) in [7, 11) is 0. The number of hydrogen-bond acceptors (Lipinski definition) is 1.